The number of alkyl halides is 1. The van der Waals surface area contributed by atoms with E-state index in [1.54, 1.807) is 45.0 Å². The van der Waals surface area contributed by atoms with Crippen molar-refractivity contribution in [2.75, 3.05) is 0 Å². The molecule has 0 heterocycles. The van der Waals surface area contributed by atoms with Gasteiger partial charge in [-0.05, 0) is 33.3 Å². The van der Waals surface area contributed by atoms with Crippen LogP contribution in [-0.2, 0) is 14.5 Å². The Hall–Kier alpha value is -1.10. The molecule has 0 fully saturated rings. The summed E-state index contributed by atoms with van der Waals surface area (Å²) in [6, 6.07) is 8.79. The molecule has 0 aliphatic carbocycles. The molecule has 1 rings (SSSR count). The molecule has 0 amide bonds. The lowest BCUT2D eigenvalue weighted by Gasteiger charge is -2.34. The molecule has 5 heteroatoms. The third kappa shape index (κ3) is 4.20. The zero-order valence-corrected chi connectivity index (χ0v) is 13.0. The predicted octanol–water partition coefficient (Wildman–Crippen LogP) is 2.38. The third-order valence-corrected chi connectivity index (χ3v) is 3.27. The SMILES string of the molecule is CC(O)C(C(=O)OC(C)(C)C)C(N)(Cl)c1ccccc1. The van der Waals surface area contributed by atoms with Crippen LogP contribution < -0.4 is 5.73 Å². The zero-order chi connectivity index (χ0) is 15.6. The second-order valence-electron chi connectivity index (χ2n) is 5.89. The quantitative estimate of drug-likeness (QED) is 0.508. The highest BCUT2D eigenvalue weighted by molar-refractivity contribution is 6.25. The highest BCUT2D eigenvalue weighted by Gasteiger charge is 2.45. The van der Waals surface area contributed by atoms with Gasteiger partial charge in [0, 0.05) is 0 Å². The first-order valence-electron chi connectivity index (χ1n) is 6.50. The average molecular weight is 300 g/mol. The van der Waals surface area contributed by atoms with Crippen LogP contribution >= 0.6 is 11.6 Å². The molecule has 0 saturated carbocycles. The van der Waals surface area contributed by atoms with E-state index in [2.05, 4.69) is 0 Å². The average Bonchev–Trinajstić information content (AvgIpc) is 2.26. The normalized spacial score (nSPS) is 17.9. The second-order valence-corrected chi connectivity index (χ2v) is 6.51. The Morgan fingerprint density at radius 2 is 1.80 bits per heavy atom. The first-order valence-corrected chi connectivity index (χ1v) is 6.87. The molecule has 0 aromatic heterocycles. The summed E-state index contributed by atoms with van der Waals surface area (Å²) in [6.07, 6.45) is -1.03. The summed E-state index contributed by atoms with van der Waals surface area (Å²) in [7, 11) is 0. The Bertz CT molecular complexity index is 452. The van der Waals surface area contributed by atoms with Crippen molar-refractivity contribution < 1.29 is 14.6 Å². The Morgan fingerprint density at radius 1 is 1.30 bits per heavy atom. The van der Waals surface area contributed by atoms with Crippen LogP contribution in [0.5, 0.6) is 0 Å². The van der Waals surface area contributed by atoms with Crippen molar-refractivity contribution in [1.82, 2.24) is 0 Å². The number of hydrogen-bond acceptors (Lipinski definition) is 4. The van der Waals surface area contributed by atoms with Crippen LogP contribution in [-0.4, -0.2) is 22.8 Å². The standard InChI is InChI=1S/C15H22ClNO3/c1-10(18)12(13(19)20-14(2,3)4)15(16,17)11-8-6-5-7-9-11/h5-10,12,18H,17H2,1-4H3. The van der Waals surface area contributed by atoms with Crippen molar-refractivity contribution in [3.8, 4) is 0 Å². The van der Waals surface area contributed by atoms with Crippen LogP contribution in [0.4, 0.5) is 0 Å². The third-order valence-electron chi connectivity index (χ3n) is 2.81. The lowest BCUT2D eigenvalue weighted by atomic mass is 9.89. The molecule has 20 heavy (non-hydrogen) atoms. The Morgan fingerprint density at radius 3 is 2.20 bits per heavy atom. The number of hydrogen-bond donors (Lipinski definition) is 2. The minimum Gasteiger partial charge on any atom is -0.460 e. The number of carbonyl (C=O) groups is 1. The fraction of sp³-hybridized carbons (Fsp3) is 0.533. The Labute approximate surface area is 124 Å². The summed E-state index contributed by atoms with van der Waals surface area (Å²) in [5.74, 6) is -1.68. The van der Waals surface area contributed by atoms with Gasteiger partial charge in [-0.3, -0.25) is 4.79 Å². The van der Waals surface area contributed by atoms with Crippen molar-refractivity contribution >= 4 is 17.6 Å². The smallest absolute Gasteiger partial charge is 0.315 e. The molecule has 0 saturated heterocycles. The minimum absolute atomic E-state index is 0.554. The summed E-state index contributed by atoms with van der Waals surface area (Å²) >= 11 is 6.36. The van der Waals surface area contributed by atoms with E-state index in [9.17, 15) is 9.90 Å². The highest BCUT2D eigenvalue weighted by atomic mass is 35.5. The summed E-state index contributed by atoms with van der Waals surface area (Å²) in [5, 5.41) is 9.91. The number of nitrogens with two attached hydrogens (primary N) is 1. The molecule has 112 valence electrons. The first kappa shape index (κ1) is 17.0. The number of rotatable bonds is 4. The maximum Gasteiger partial charge on any atom is 0.315 e. The largest absolute Gasteiger partial charge is 0.460 e. The Balaban J connectivity index is 3.11. The van der Waals surface area contributed by atoms with E-state index in [1.165, 1.54) is 6.92 Å². The highest BCUT2D eigenvalue weighted by Crippen LogP contribution is 2.35. The fourth-order valence-electron chi connectivity index (χ4n) is 1.96. The number of aliphatic hydroxyl groups excluding tert-OH is 1. The number of esters is 1. The van der Waals surface area contributed by atoms with Crippen LogP contribution in [0.2, 0.25) is 0 Å². The van der Waals surface area contributed by atoms with Gasteiger partial charge in [0.05, 0.1) is 6.10 Å². The Kier molecular flexibility index (Phi) is 5.19. The maximum atomic E-state index is 12.3. The lowest BCUT2D eigenvalue weighted by Crippen LogP contribution is -2.50. The van der Waals surface area contributed by atoms with Crippen LogP contribution in [0.25, 0.3) is 0 Å². The molecule has 0 spiro atoms. The van der Waals surface area contributed by atoms with Crippen LogP contribution in [0.3, 0.4) is 0 Å². The van der Waals surface area contributed by atoms with E-state index in [-0.39, 0.29) is 0 Å². The van der Waals surface area contributed by atoms with Gasteiger partial charge in [0.25, 0.3) is 0 Å². The van der Waals surface area contributed by atoms with Crippen LogP contribution in [0.15, 0.2) is 30.3 Å². The van der Waals surface area contributed by atoms with Gasteiger partial charge in [-0.15, -0.1) is 0 Å². The lowest BCUT2D eigenvalue weighted by molar-refractivity contribution is -0.165. The summed E-state index contributed by atoms with van der Waals surface area (Å²) in [6.45, 7) is 6.72. The van der Waals surface area contributed by atoms with Gasteiger partial charge in [-0.2, -0.15) is 0 Å². The van der Waals surface area contributed by atoms with Gasteiger partial charge in [0.1, 0.15) is 16.5 Å². The molecule has 0 aliphatic heterocycles. The number of aliphatic hydroxyl groups is 1. The van der Waals surface area contributed by atoms with Gasteiger partial charge in [0.2, 0.25) is 0 Å². The molecule has 3 unspecified atom stereocenters. The predicted molar refractivity (Wildman–Crippen MR) is 79.2 cm³/mol. The second kappa shape index (κ2) is 6.12. The first-order chi connectivity index (χ1) is 9.05. The van der Waals surface area contributed by atoms with Crippen molar-refractivity contribution in [3.05, 3.63) is 35.9 Å². The summed E-state index contributed by atoms with van der Waals surface area (Å²) in [4.78, 5) is 10.7. The van der Waals surface area contributed by atoms with Crippen LogP contribution in [0, 0.1) is 5.92 Å². The molecule has 1 aromatic rings. The molecule has 1 aromatic carbocycles. The number of ether oxygens (including phenoxy) is 1. The van der Waals surface area contributed by atoms with E-state index in [0.29, 0.717) is 5.56 Å². The minimum atomic E-state index is -1.53. The van der Waals surface area contributed by atoms with Gasteiger partial charge < -0.3 is 15.6 Å². The van der Waals surface area contributed by atoms with Gasteiger partial charge in [-0.1, -0.05) is 41.9 Å². The molecular weight excluding hydrogens is 278 g/mol. The van der Waals surface area contributed by atoms with E-state index < -0.39 is 28.6 Å². The molecular formula is C15H22ClNO3. The van der Waals surface area contributed by atoms with Gasteiger partial charge >= 0.3 is 5.97 Å². The molecule has 0 bridgehead atoms. The zero-order valence-electron chi connectivity index (χ0n) is 12.3. The topological polar surface area (TPSA) is 72.5 Å². The van der Waals surface area contributed by atoms with Crippen molar-refractivity contribution in [2.24, 2.45) is 11.7 Å². The van der Waals surface area contributed by atoms with Crippen molar-refractivity contribution in [2.45, 2.75) is 44.4 Å². The van der Waals surface area contributed by atoms with Crippen LogP contribution in [0.1, 0.15) is 33.3 Å². The van der Waals surface area contributed by atoms with E-state index in [0.717, 1.165) is 0 Å². The molecule has 3 N–H and O–H groups in total. The molecule has 0 radical (unpaired) electrons. The fourth-order valence-corrected chi connectivity index (χ4v) is 2.36. The number of carbonyl (C=O) groups excluding carboxylic acids is 1. The van der Waals surface area contributed by atoms with E-state index in [4.69, 9.17) is 22.1 Å². The monoisotopic (exact) mass is 299 g/mol. The van der Waals surface area contributed by atoms with Gasteiger partial charge in [0.15, 0.2) is 0 Å². The summed E-state index contributed by atoms with van der Waals surface area (Å²) < 4.78 is 5.31. The molecule has 0 aliphatic rings. The van der Waals surface area contributed by atoms with Crippen molar-refractivity contribution in [1.29, 1.82) is 0 Å². The maximum absolute atomic E-state index is 12.3. The van der Waals surface area contributed by atoms with Gasteiger partial charge in [-0.25, -0.2) is 0 Å². The number of halogens is 1. The number of benzene rings is 1. The molecule has 3 atom stereocenters. The van der Waals surface area contributed by atoms with Crippen molar-refractivity contribution in [3.63, 3.8) is 0 Å². The summed E-state index contributed by atoms with van der Waals surface area (Å²) in [5.41, 5.74) is 5.99. The van der Waals surface area contributed by atoms with E-state index in [1.807, 2.05) is 6.07 Å². The van der Waals surface area contributed by atoms with E-state index >= 15 is 0 Å². The molecule has 4 nitrogen and oxygen atoms in total.